The maximum atomic E-state index is 13.8. The fourth-order valence-corrected chi connectivity index (χ4v) is 2.48. The third kappa shape index (κ3) is 4.49. The van der Waals surface area contributed by atoms with Gasteiger partial charge in [-0.3, -0.25) is 0 Å². The van der Waals surface area contributed by atoms with Gasteiger partial charge in [-0.2, -0.15) is 13.2 Å². The van der Waals surface area contributed by atoms with E-state index in [4.69, 9.17) is 4.74 Å². The zero-order chi connectivity index (χ0) is 20.3. The number of nitrogens with one attached hydrogen (secondary N) is 1. The van der Waals surface area contributed by atoms with Crippen LogP contribution in [0.1, 0.15) is 11.1 Å². The summed E-state index contributed by atoms with van der Waals surface area (Å²) in [5, 5.41) is 2.80. The summed E-state index contributed by atoms with van der Waals surface area (Å²) in [6, 6.07) is 14.1. The van der Waals surface area contributed by atoms with Gasteiger partial charge in [-0.1, -0.05) is 12.6 Å². The lowest BCUT2D eigenvalue weighted by atomic mass is 10.1. The molecule has 0 saturated carbocycles. The molecule has 0 aromatic heterocycles. The van der Waals surface area contributed by atoms with Crippen molar-refractivity contribution in [1.82, 2.24) is 0 Å². The van der Waals surface area contributed by atoms with Crippen LogP contribution in [-0.4, -0.2) is 0 Å². The van der Waals surface area contributed by atoms with Crippen LogP contribution < -0.4 is 10.1 Å². The zero-order valence-corrected chi connectivity index (χ0v) is 14.4. The number of ether oxygens (including phenoxy) is 1. The van der Waals surface area contributed by atoms with Gasteiger partial charge >= 0.3 is 6.18 Å². The summed E-state index contributed by atoms with van der Waals surface area (Å²) in [4.78, 5) is 0. The number of hydrogen-bond acceptors (Lipinski definition) is 2. The fraction of sp³-hybridized carbons (Fsp3) is 0.0476. The molecule has 0 saturated heterocycles. The van der Waals surface area contributed by atoms with E-state index in [1.54, 1.807) is 24.3 Å². The first-order chi connectivity index (χ1) is 13.2. The maximum absolute atomic E-state index is 13.8. The maximum Gasteiger partial charge on any atom is 0.416 e. The molecule has 3 aromatic rings. The Kier molecular flexibility index (Phi) is 5.35. The second-order valence-corrected chi connectivity index (χ2v) is 5.85. The topological polar surface area (TPSA) is 21.3 Å². The average Bonchev–Trinajstić information content (AvgIpc) is 2.63. The van der Waals surface area contributed by atoms with E-state index in [1.165, 1.54) is 18.2 Å². The molecule has 0 aliphatic heterocycles. The summed E-state index contributed by atoms with van der Waals surface area (Å²) in [6.07, 6.45) is -4.41. The van der Waals surface area contributed by atoms with Crippen LogP contribution in [0.4, 0.5) is 27.6 Å². The Labute approximate surface area is 157 Å². The highest BCUT2D eigenvalue weighted by molar-refractivity contribution is 5.75. The molecule has 7 heteroatoms. The number of anilines is 1. The van der Waals surface area contributed by atoms with E-state index >= 15 is 0 Å². The summed E-state index contributed by atoms with van der Waals surface area (Å²) in [5.41, 5.74) is -0.467. The molecule has 3 rings (SSSR count). The van der Waals surface area contributed by atoms with E-state index in [1.807, 2.05) is 0 Å². The monoisotopic (exact) mass is 391 g/mol. The molecule has 0 aliphatic carbocycles. The molecule has 0 heterocycles. The predicted octanol–water partition coefficient (Wildman–Crippen LogP) is 6.86. The highest BCUT2D eigenvalue weighted by Gasteiger charge is 2.30. The van der Waals surface area contributed by atoms with Gasteiger partial charge in [-0.05, 0) is 60.7 Å². The van der Waals surface area contributed by atoms with Crippen LogP contribution in [0.2, 0.25) is 0 Å². The number of hydrogen-bond donors (Lipinski definition) is 1. The number of benzene rings is 3. The highest BCUT2D eigenvalue weighted by Crippen LogP contribution is 2.32. The molecule has 0 amide bonds. The molecule has 28 heavy (non-hydrogen) atoms. The van der Waals surface area contributed by atoms with Crippen molar-refractivity contribution < 1.29 is 26.7 Å². The van der Waals surface area contributed by atoms with Crippen molar-refractivity contribution in [2.24, 2.45) is 0 Å². The van der Waals surface area contributed by atoms with Gasteiger partial charge in [-0.15, -0.1) is 0 Å². The van der Waals surface area contributed by atoms with E-state index in [9.17, 15) is 22.0 Å². The average molecular weight is 391 g/mol. The van der Waals surface area contributed by atoms with Crippen molar-refractivity contribution in [3.63, 3.8) is 0 Å². The van der Waals surface area contributed by atoms with E-state index in [2.05, 4.69) is 11.9 Å². The van der Waals surface area contributed by atoms with Crippen molar-refractivity contribution in [1.29, 1.82) is 0 Å². The molecule has 0 bridgehead atoms. The van der Waals surface area contributed by atoms with Crippen LogP contribution in [0.15, 0.2) is 73.3 Å². The minimum absolute atomic E-state index is 0.0482. The predicted molar refractivity (Wildman–Crippen MR) is 97.0 cm³/mol. The van der Waals surface area contributed by atoms with E-state index in [0.29, 0.717) is 11.4 Å². The molecule has 0 unspecified atom stereocenters. The number of rotatable bonds is 5. The van der Waals surface area contributed by atoms with Crippen LogP contribution in [0.25, 0.3) is 5.70 Å². The molecule has 0 aliphatic rings. The Morgan fingerprint density at radius 2 is 1.29 bits per heavy atom. The molecular formula is C21H14F5NO. The van der Waals surface area contributed by atoms with Gasteiger partial charge in [-0.25, -0.2) is 8.78 Å². The first-order valence-electron chi connectivity index (χ1n) is 8.09. The Hall–Kier alpha value is -3.35. The molecule has 0 atom stereocenters. The van der Waals surface area contributed by atoms with Gasteiger partial charge in [0.25, 0.3) is 0 Å². The van der Waals surface area contributed by atoms with Crippen LogP contribution in [0.3, 0.4) is 0 Å². The first kappa shape index (κ1) is 19.4. The van der Waals surface area contributed by atoms with E-state index in [-0.39, 0.29) is 17.0 Å². The molecule has 2 nitrogen and oxygen atoms in total. The van der Waals surface area contributed by atoms with Crippen molar-refractivity contribution in [2.75, 3.05) is 5.32 Å². The lowest BCUT2D eigenvalue weighted by molar-refractivity contribution is -0.137. The zero-order valence-electron chi connectivity index (χ0n) is 14.4. The van der Waals surface area contributed by atoms with Crippen molar-refractivity contribution >= 4 is 11.4 Å². The van der Waals surface area contributed by atoms with Crippen molar-refractivity contribution in [2.45, 2.75) is 6.18 Å². The fourth-order valence-electron chi connectivity index (χ4n) is 2.48. The summed E-state index contributed by atoms with van der Waals surface area (Å²) >= 11 is 0. The molecule has 0 spiro atoms. The van der Waals surface area contributed by atoms with Gasteiger partial charge < -0.3 is 10.1 Å². The van der Waals surface area contributed by atoms with Gasteiger partial charge in [0, 0.05) is 11.4 Å². The Bertz CT molecular complexity index is 959. The number of alkyl halides is 3. The second-order valence-electron chi connectivity index (χ2n) is 5.85. The Morgan fingerprint density at radius 3 is 1.79 bits per heavy atom. The summed E-state index contributed by atoms with van der Waals surface area (Å²) < 4.78 is 70.8. The van der Waals surface area contributed by atoms with E-state index < -0.39 is 23.4 Å². The minimum atomic E-state index is -4.41. The molecular weight excluding hydrogens is 377 g/mol. The third-order valence-electron chi connectivity index (χ3n) is 3.83. The lowest BCUT2D eigenvalue weighted by Crippen LogP contribution is -2.04. The minimum Gasteiger partial charge on any atom is -0.457 e. The molecule has 1 N–H and O–H groups in total. The molecule has 3 aromatic carbocycles. The van der Waals surface area contributed by atoms with Gasteiger partial charge in [0.2, 0.25) is 0 Å². The Morgan fingerprint density at radius 1 is 0.786 bits per heavy atom. The largest absolute Gasteiger partial charge is 0.457 e. The van der Waals surface area contributed by atoms with Crippen LogP contribution in [0, 0.1) is 11.6 Å². The normalized spacial score (nSPS) is 11.2. The van der Waals surface area contributed by atoms with Gasteiger partial charge in [0.1, 0.15) is 23.1 Å². The lowest BCUT2D eigenvalue weighted by Gasteiger charge is -2.13. The molecule has 0 fully saturated rings. The quantitative estimate of drug-likeness (QED) is 0.480. The smallest absolute Gasteiger partial charge is 0.416 e. The first-order valence-corrected chi connectivity index (χ1v) is 8.09. The van der Waals surface area contributed by atoms with E-state index in [0.717, 1.165) is 24.3 Å². The second kappa shape index (κ2) is 7.72. The molecule has 0 radical (unpaired) electrons. The van der Waals surface area contributed by atoms with Crippen molar-refractivity contribution in [3.05, 3.63) is 96.1 Å². The van der Waals surface area contributed by atoms with Crippen LogP contribution in [0.5, 0.6) is 11.5 Å². The van der Waals surface area contributed by atoms with Crippen LogP contribution >= 0.6 is 0 Å². The van der Waals surface area contributed by atoms with Gasteiger partial charge in [0.15, 0.2) is 0 Å². The SMILES string of the molecule is C=C(Nc1ccc(Oc2ccc(C(F)(F)F)cc2)cc1)c1c(F)cccc1F. The summed E-state index contributed by atoms with van der Waals surface area (Å²) in [6.45, 7) is 3.65. The Balaban J connectivity index is 1.67. The molecule has 144 valence electrons. The van der Waals surface area contributed by atoms with Crippen molar-refractivity contribution in [3.8, 4) is 11.5 Å². The van der Waals surface area contributed by atoms with Crippen LogP contribution in [-0.2, 0) is 6.18 Å². The third-order valence-corrected chi connectivity index (χ3v) is 3.83. The van der Waals surface area contributed by atoms with Gasteiger partial charge in [0.05, 0.1) is 11.1 Å². The number of halogens is 5. The highest BCUT2D eigenvalue weighted by atomic mass is 19.4. The standard InChI is InChI=1S/C21H14F5NO/c1-13(20-18(22)3-2-4-19(20)23)27-15-7-11-17(12-8-15)28-16-9-5-14(6-10-16)21(24,25)26/h2-12,27H,1H2. The summed E-state index contributed by atoms with van der Waals surface area (Å²) in [5.74, 6) is -0.848. The summed E-state index contributed by atoms with van der Waals surface area (Å²) in [7, 11) is 0.